The molecule has 21 heavy (non-hydrogen) atoms. The van der Waals surface area contributed by atoms with Gasteiger partial charge >= 0.3 is 0 Å². The van der Waals surface area contributed by atoms with Crippen LogP contribution in [0.25, 0.3) is 0 Å². The first-order valence-corrected chi connectivity index (χ1v) is 6.86. The smallest absolute Gasteiger partial charge is 0.296 e. The van der Waals surface area contributed by atoms with E-state index in [1.807, 2.05) is 11.9 Å². The predicted octanol–water partition coefficient (Wildman–Crippen LogP) is 1.79. The number of nitrogens with two attached hydrogens (primary N) is 1. The summed E-state index contributed by atoms with van der Waals surface area (Å²) in [5.74, 6) is 1.32. The largest absolute Gasteiger partial charge is 0.493 e. The molecule has 1 aromatic rings. The van der Waals surface area contributed by atoms with E-state index in [1.165, 1.54) is 20.3 Å². The Hall–Kier alpha value is -2.02. The monoisotopic (exact) mass is 295 g/mol. The maximum absolute atomic E-state index is 11.3. The Bertz CT molecular complexity index is 531. The molecule has 7 heteroatoms. The minimum atomic E-state index is -0.408. The summed E-state index contributed by atoms with van der Waals surface area (Å²) in [5, 5.41) is 11.3. The highest BCUT2D eigenvalue weighted by Gasteiger charge is 2.35. The van der Waals surface area contributed by atoms with Crippen LogP contribution >= 0.6 is 0 Å². The summed E-state index contributed by atoms with van der Waals surface area (Å²) in [5.41, 5.74) is 6.33. The molecule has 1 fully saturated rings. The summed E-state index contributed by atoms with van der Waals surface area (Å²) in [6.45, 7) is 0.465. The zero-order valence-corrected chi connectivity index (χ0v) is 12.5. The van der Waals surface area contributed by atoms with Crippen molar-refractivity contribution in [3.63, 3.8) is 0 Å². The van der Waals surface area contributed by atoms with E-state index >= 15 is 0 Å². The fourth-order valence-electron chi connectivity index (χ4n) is 2.61. The Balaban J connectivity index is 2.46. The Morgan fingerprint density at radius 1 is 1.38 bits per heavy atom. The van der Waals surface area contributed by atoms with Gasteiger partial charge in [-0.05, 0) is 18.8 Å². The van der Waals surface area contributed by atoms with E-state index < -0.39 is 4.92 Å². The van der Waals surface area contributed by atoms with Gasteiger partial charge in [-0.1, -0.05) is 0 Å². The summed E-state index contributed by atoms with van der Waals surface area (Å²) >= 11 is 0. The minimum Gasteiger partial charge on any atom is -0.493 e. The van der Waals surface area contributed by atoms with E-state index in [-0.39, 0.29) is 11.7 Å². The molecular formula is C14H21N3O4. The van der Waals surface area contributed by atoms with E-state index in [0.717, 1.165) is 12.8 Å². The Labute approximate surface area is 123 Å². The molecule has 0 radical (unpaired) electrons. The van der Waals surface area contributed by atoms with Crippen molar-refractivity contribution in [2.75, 3.05) is 32.7 Å². The highest BCUT2D eigenvalue weighted by molar-refractivity contribution is 5.70. The number of rotatable bonds is 7. The van der Waals surface area contributed by atoms with E-state index in [4.69, 9.17) is 15.2 Å². The highest BCUT2D eigenvalue weighted by Crippen LogP contribution is 2.42. The van der Waals surface area contributed by atoms with E-state index in [2.05, 4.69) is 0 Å². The van der Waals surface area contributed by atoms with Gasteiger partial charge in [-0.2, -0.15) is 0 Å². The van der Waals surface area contributed by atoms with E-state index in [1.54, 1.807) is 6.07 Å². The third kappa shape index (κ3) is 3.02. The average molecular weight is 295 g/mol. The number of hydrogen-bond donors (Lipinski definition) is 1. The molecule has 1 unspecified atom stereocenters. The molecule has 1 aliphatic carbocycles. The van der Waals surface area contributed by atoms with E-state index in [9.17, 15) is 10.1 Å². The fourth-order valence-corrected chi connectivity index (χ4v) is 2.61. The van der Waals surface area contributed by atoms with Crippen molar-refractivity contribution in [2.45, 2.75) is 18.9 Å². The van der Waals surface area contributed by atoms with Gasteiger partial charge in [0, 0.05) is 25.7 Å². The standard InChI is InChI=1S/C14H21N3O4/c1-16(12(8-15)9-4-5-9)10-6-13(20-2)14(21-3)7-11(10)17(18)19/h6-7,9,12H,4-5,8,15H2,1-3H3. The molecule has 1 aromatic carbocycles. The molecule has 0 saturated heterocycles. The lowest BCUT2D eigenvalue weighted by atomic mass is 10.1. The van der Waals surface area contributed by atoms with Gasteiger partial charge in [0.25, 0.3) is 5.69 Å². The van der Waals surface area contributed by atoms with Gasteiger partial charge in [0.2, 0.25) is 0 Å². The van der Waals surface area contributed by atoms with Crippen LogP contribution in [0.5, 0.6) is 11.5 Å². The first-order valence-electron chi connectivity index (χ1n) is 6.86. The SMILES string of the molecule is COc1cc(N(C)C(CN)C2CC2)c([N+](=O)[O-])cc1OC. The Morgan fingerprint density at radius 3 is 2.38 bits per heavy atom. The fraction of sp³-hybridized carbons (Fsp3) is 0.571. The third-order valence-electron chi connectivity index (χ3n) is 3.96. The number of likely N-dealkylation sites (N-methyl/N-ethyl adjacent to an activating group) is 1. The first kappa shape index (κ1) is 15.4. The molecule has 116 valence electrons. The van der Waals surface area contributed by atoms with Gasteiger partial charge in [0.1, 0.15) is 5.69 Å². The van der Waals surface area contributed by atoms with Crippen LogP contribution in [0.3, 0.4) is 0 Å². The second-order valence-electron chi connectivity index (χ2n) is 5.20. The number of methoxy groups -OCH3 is 2. The van der Waals surface area contributed by atoms with Gasteiger partial charge in [0.15, 0.2) is 11.5 Å². The molecule has 0 aliphatic heterocycles. The lowest BCUT2D eigenvalue weighted by molar-refractivity contribution is -0.384. The van der Waals surface area contributed by atoms with Crippen LogP contribution in [0.15, 0.2) is 12.1 Å². The summed E-state index contributed by atoms with van der Waals surface area (Å²) in [6.07, 6.45) is 2.24. The summed E-state index contributed by atoms with van der Waals surface area (Å²) in [6, 6.07) is 3.13. The van der Waals surface area contributed by atoms with Crippen LogP contribution in [0.2, 0.25) is 0 Å². The second kappa shape index (κ2) is 6.17. The molecule has 0 heterocycles. The number of nitro benzene ring substituents is 1. The quantitative estimate of drug-likeness (QED) is 0.609. The Morgan fingerprint density at radius 2 is 1.95 bits per heavy atom. The number of nitrogens with zero attached hydrogens (tertiary/aromatic N) is 2. The topological polar surface area (TPSA) is 90.9 Å². The lowest BCUT2D eigenvalue weighted by Gasteiger charge is -2.29. The zero-order valence-electron chi connectivity index (χ0n) is 12.5. The van der Waals surface area contributed by atoms with Gasteiger partial charge in [-0.15, -0.1) is 0 Å². The molecule has 0 spiro atoms. The Kier molecular flexibility index (Phi) is 4.52. The molecule has 1 atom stereocenters. The summed E-state index contributed by atoms with van der Waals surface area (Å²) < 4.78 is 10.4. The number of anilines is 1. The summed E-state index contributed by atoms with van der Waals surface area (Å²) in [4.78, 5) is 12.8. The van der Waals surface area contributed by atoms with Crippen molar-refractivity contribution in [2.24, 2.45) is 11.7 Å². The van der Waals surface area contributed by atoms with Gasteiger partial charge in [-0.25, -0.2) is 0 Å². The predicted molar refractivity (Wildman–Crippen MR) is 80.2 cm³/mol. The van der Waals surface area contributed by atoms with E-state index in [0.29, 0.717) is 29.6 Å². The number of nitro groups is 1. The van der Waals surface area contributed by atoms with Crippen LogP contribution in [-0.4, -0.2) is 38.8 Å². The number of ether oxygens (including phenoxy) is 2. The van der Waals surface area contributed by atoms with Gasteiger partial charge < -0.3 is 20.1 Å². The van der Waals surface area contributed by atoms with Crippen molar-refractivity contribution in [3.8, 4) is 11.5 Å². The molecule has 7 nitrogen and oxygen atoms in total. The van der Waals surface area contributed by atoms with Crippen LogP contribution in [0, 0.1) is 16.0 Å². The van der Waals surface area contributed by atoms with Gasteiger partial charge in [-0.3, -0.25) is 10.1 Å². The maximum Gasteiger partial charge on any atom is 0.296 e. The lowest BCUT2D eigenvalue weighted by Crippen LogP contribution is -2.40. The average Bonchev–Trinajstić information content (AvgIpc) is 3.30. The van der Waals surface area contributed by atoms with Crippen LogP contribution in [0.4, 0.5) is 11.4 Å². The second-order valence-corrected chi connectivity index (χ2v) is 5.20. The molecule has 1 aliphatic rings. The first-order chi connectivity index (χ1) is 10.0. The van der Waals surface area contributed by atoms with Gasteiger partial charge in [0.05, 0.1) is 25.2 Å². The molecular weight excluding hydrogens is 274 g/mol. The highest BCUT2D eigenvalue weighted by atomic mass is 16.6. The summed E-state index contributed by atoms with van der Waals surface area (Å²) in [7, 11) is 4.80. The van der Waals surface area contributed by atoms with Crippen LogP contribution in [0.1, 0.15) is 12.8 Å². The molecule has 0 amide bonds. The molecule has 0 aromatic heterocycles. The molecule has 0 bridgehead atoms. The van der Waals surface area contributed by atoms with Crippen molar-refractivity contribution in [1.29, 1.82) is 0 Å². The van der Waals surface area contributed by atoms with Crippen molar-refractivity contribution in [3.05, 3.63) is 22.2 Å². The van der Waals surface area contributed by atoms with Crippen molar-refractivity contribution in [1.82, 2.24) is 0 Å². The van der Waals surface area contributed by atoms with Crippen LogP contribution < -0.4 is 20.1 Å². The normalized spacial score (nSPS) is 15.4. The third-order valence-corrected chi connectivity index (χ3v) is 3.96. The van der Waals surface area contributed by atoms with Crippen LogP contribution in [-0.2, 0) is 0 Å². The zero-order chi connectivity index (χ0) is 15.6. The molecule has 1 saturated carbocycles. The van der Waals surface area contributed by atoms with Crippen molar-refractivity contribution >= 4 is 11.4 Å². The molecule has 2 N–H and O–H groups in total. The number of hydrogen-bond acceptors (Lipinski definition) is 6. The number of benzene rings is 1. The minimum absolute atomic E-state index is 0.00532. The van der Waals surface area contributed by atoms with Crippen molar-refractivity contribution < 1.29 is 14.4 Å². The molecule has 2 rings (SSSR count). The maximum atomic E-state index is 11.3.